The standard InChI is InChI=1S/C16H23Cl2N3O2/c1-2-6-19-11-20(7-5-16-22-8-9-23-16)21(12-19)15-4-3-13(17)10-14(15)18/h3-4,10,16H,2,5-9,11-12H2,1H3. The van der Waals surface area contributed by atoms with E-state index in [0.29, 0.717) is 23.3 Å². The van der Waals surface area contributed by atoms with Crippen LogP contribution < -0.4 is 5.01 Å². The first-order chi connectivity index (χ1) is 11.2. The molecule has 0 aliphatic carbocycles. The Morgan fingerprint density at radius 1 is 1.13 bits per heavy atom. The maximum absolute atomic E-state index is 6.41. The van der Waals surface area contributed by atoms with Crippen LogP contribution in [0.15, 0.2) is 18.2 Å². The molecule has 2 saturated heterocycles. The van der Waals surface area contributed by atoms with E-state index in [1.165, 1.54) is 0 Å². The molecule has 2 aliphatic heterocycles. The Bertz CT molecular complexity index is 526. The van der Waals surface area contributed by atoms with Crippen LogP contribution in [0.1, 0.15) is 19.8 Å². The van der Waals surface area contributed by atoms with E-state index in [-0.39, 0.29) is 6.29 Å². The summed E-state index contributed by atoms with van der Waals surface area (Å²) in [4.78, 5) is 2.40. The normalized spacial score (nSPS) is 20.7. The average molecular weight is 360 g/mol. The molecular formula is C16H23Cl2N3O2. The van der Waals surface area contributed by atoms with Gasteiger partial charge in [0, 0.05) is 24.5 Å². The summed E-state index contributed by atoms with van der Waals surface area (Å²) in [6.45, 7) is 7.24. The topological polar surface area (TPSA) is 28.2 Å². The first-order valence-corrected chi connectivity index (χ1v) is 8.86. The number of benzene rings is 1. The Morgan fingerprint density at radius 3 is 2.61 bits per heavy atom. The number of hydrogen-bond donors (Lipinski definition) is 0. The first-order valence-electron chi connectivity index (χ1n) is 8.10. The lowest BCUT2D eigenvalue weighted by Gasteiger charge is -2.29. The van der Waals surface area contributed by atoms with E-state index < -0.39 is 0 Å². The van der Waals surface area contributed by atoms with Crippen molar-refractivity contribution in [1.82, 2.24) is 9.91 Å². The van der Waals surface area contributed by atoms with E-state index in [0.717, 1.165) is 45.0 Å². The number of hydrogen-bond acceptors (Lipinski definition) is 5. The largest absolute Gasteiger partial charge is 0.350 e. The Hall–Kier alpha value is -0.560. The Balaban J connectivity index is 1.70. The predicted octanol–water partition coefficient (Wildman–Crippen LogP) is 3.42. The Kier molecular flexibility index (Phi) is 6.01. The highest BCUT2D eigenvalue weighted by Gasteiger charge is 2.30. The molecule has 0 N–H and O–H groups in total. The maximum Gasteiger partial charge on any atom is 0.159 e. The molecule has 0 amide bonds. The molecule has 1 aromatic rings. The second-order valence-electron chi connectivity index (χ2n) is 5.86. The highest BCUT2D eigenvalue weighted by Crippen LogP contribution is 2.32. The number of ether oxygens (including phenoxy) is 2. The number of anilines is 1. The molecule has 5 nitrogen and oxygen atoms in total. The minimum absolute atomic E-state index is 0.0854. The zero-order chi connectivity index (χ0) is 16.2. The summed E-state index contributed by atoms with van der Waals surface area (Å²) >= 11 is 12.4. The fraction of sp³-hybridized carbons (Fsp3) is 0.625. The van der Waals surface area contributed by atoms with Gasteiger partial charge in [0.25, 0.3) is 0 Å². The third kappa shape index (κ3) is 4.29. The minimum atomic E-state index is -0.0854. The van der Waals surface area contributed by atoms with Crippen LogP contribution in [0, 0.1) is 0 Å². The zero-order valence-corrected chi connectivity index (χ0v) is 14.9. The van der Waals surface area contributed by atoms with E-state index in [2.05, 4.69) is 21.8 Å². The van der Waals surface area contributed by atoms with Crippen molar-refractivity contribution in [2.24, 2.45) is 0 Å². The average Bonchev–Trinajstić information content (AvgIpc) is 3.15. The quantitative estimate of drug-likeness (QED) is 0.775. The molecule has 2 heterocycles. The summed E-state index contributed by atoms with van der Waals surface area (Å²) in [6, 6.07) is 5.66. The van der Waals surface area contributed by atoms with Gasteiger partial charge in [-0.05, 0) is 24.6 Å². The van der Waals surface area contributed by atoms with Gasteiger partial charge < -0.3 is 9.47 Å². The molecule has 0 spiro atoms. The van der Waals surface area contributed by atoms with Crippen molar-refractivity contribution in [3.05, 3.63) is 28.2 Å². The molecule has 2 aliphatic rings. The molecule has 7 heteroatoms. The lowest BCUT2D eigenvalue weighted by atomic mass is 10.3. The van der Waals surface area contributed by atoms with Gasteiger partial charge in [0.2, 0.25) is 0 Å². The van der Waals surface area contributed by atoms with Crippen LogP contribution in [0.5, 0.6) is 0 Å². The van der Waals surface area contributed by atoms with Gasteiger partial charge in [-0.15, -0.1) is 0 Å². The van der Waals surface area contributed by atoms with Crippen LogP contribution in [0.3, 0.4) is 0 Å². The molecule has 23 heavy (non-hydrogen) atoms. The lowest BCUT2D eigenvalue weighted by molar-refractivity contribution is -0.0515. The van der Waals surface area contributed by atoms with Gasteiger partial charge in [0.15, 0.2) is 6.29 Å². The van der Waals surface area contributed by atoms with E-state index >= 15 is 0 Å². The molecule has 0 radical (unpaired) electrons. The van der Waals surface area contributed by atoms with Crippen molar-refractivity contribution in [2.75, 3.05) is 44.6 Å². The van der Waals surface area contributed by atoms with Crippen LogP contribution in [0.4, 0.5) is 5.69 Å². The predicted molar refractivity (Wildman–Crippen MR) is 92.7 cm³/mol. The number of hydrazine groups is 1. The van der Waals surface area contributed by atoms with Crippen molar-refractivity contribution in [3.8, 4) is 0 Å². The summed E-state index contributed by atoms with van der Waals surface area (Å²) in [5, 5.41) is 5.86. The van der Waals surface area contributed by atoms with Crippen LogP contribution >= 0.6 is 23.2 Å². The highest BCUT2D eigenvalue weighted by molar-refractivity contribution is 6.36. The third-order valence-corrected chi connectivity index (χ3v) is 4.62. The Morgan fingerprint density at radius 2 is 1.91 bits per heavy atom. The molecule has 0 atom stereocenters. The van der Waals surface area contributed by atoms with Gasteiger partial charge >= 0.3 is 0 Å². The van der Waals surface area contributed by atoms with Gasteiger partial charge in [0.1, 0.15) is 0 Å². The monoisotopic (exact) mass is 359 g/mol. The highest BCUT2D eigenvalue weighted by atomic mass is 35.5. The second kappa shape index (κ2) is 8.01. The zero-order valence-electron chi connectivity index (χ0n) is 13.4. The van der Waals surface area contributed by atoms with Crippen LogP contribution in [-0.4, -0.2) is 55.8 Å². The summed E-state index contributed by atoms with van der Waals surface area (Å²) in [5.74, 6) is 0. The van der Waals surface area contributed by atoms with Gasteiger partial charge in [-0.3, -0.25) is 9.91 Å². The second-order valence-corrected chi connectivity index (χ2v) is 6.71. The summed E-state index contributed by atoms with van der Waals surface area (Å²) in [5.41, 5.74) is 0.989. The van der Waals surface area contributed by atoms with Crippen LogP contribution in [-0.2, 0) is 9.47 Å². The van der Waals surface area contributed by atoms with Crippen LogP contribution in [0.25, 0.3) is 0 Å². The van der Waals surface area contributed by atoms with E-state index in [1.807, 2.05) is 12.1 Å². The molecule has 2 fully saturated rings. The smallest absolute Gasteiger partial charge is 0.159 e. The Labute approximate surface area is 147 Å². The molecular weight excluding hydrogens is 337 g/mol. The molecule has 0 bridgehead atoms. The van der Waals surface area contributed by atoms with Gasteiger partial charge in [-0.1, -0.05) is 30.1 Å². The maximum atomic E-state index is 6.41. The molecule has 128 valence electrons. The number of rotatable bonds is 6. The van der Waals surface area contributed by atoms with Crippen molar-refractivity contribution >= 4 is 28.9 Å². The van der Waals surface area contributed by atoms with Gasteiger partial charge in [-0.2, -0.15) is 0 Å². The molecule has 0 unspecified atom stereocenters. The fourth-order valence-corrected chi connectivity index (χ4v) is 3.53. The van der Waals surface area contributed by atoms with Crippen LogP contribution in [0.2, 0.25) is 10.0 Å². The van der Waals surface area contributed by atoms with Gasteiger partial charge in [0.05, 0.1) is 37.3 Å². The fourth-order valence-electron chi connectivity index (χ4n) is 3.03. The van der Waals surface area contributed by atoms with Crippen molar-refractivity contribution in [3.63, 3.8) is 0 Å². The number of nitrogens with zero attached hydrogens (tertiary/aromatic N) is 3. The van der Waals surface area contributed by atoms with E-state index in [9.17, 15) is 0 Å². The molecule has 3 rings (SSSR count). The number of halogens is 2. The lowest BCUT2D eigenvalue weighted by Crippen LogP contribution is -2.38. The van der Waals surface area contributed by atoms with Gasteiger partial charge in [-0.25, -0.2) is 5.01 Å². The van der Waals surface area contributed by atoms with E-state index in [4.69, 9.17) is 32.7 Å². The van der Waals surface area contributed by atoms with Crippen molar-refractivity contribution < 1.29 is 9.47 Å². The summed E-state index contributed by atoms with van der Waals surface area (Å²) in [6.07, 6.45) is 1.89. The summed E-state index contributed by atoms with van der Waals surface area (Å²) in [7, 11) is 0. The summed E-state index contributed by atoms with van der Waals surface area (Å²) < 4.78 is 11.1. The van der Waals surface area contributed by atoms with Crippen molar-refractivity contribution in [2.45, 2.75) is 26.1 Å². The first kappa shape index (κ1) is 17.3. The molecule has 1 aromatic carbocycles. The molecule has 0 saturated carbocycles. The van der Waals surface area contributed by atoms with E-state index in [1.54, 1.807) is 6.07 Å². The minimum Gasteiger partial charge on any atom is -0.350 e. The SMILES string of the molecule is CCCN1CN(CCC2OCCO2)N(c2ccc(Cl)cc2Cl)C1. The van der Waals surface area contributed by atoms with Crippen molar-refractivity contribution in [1.29, 1.82) is 0 Å². The third-order valence-electron chi connectivity index (χ3n) is 4.08. The molecule has 0 aromatic heterocycles.